The van der Waals surface area contributed by atoms with Crippen LogP contribution in [0.2, 0.25) is 0 Å². The highest BCUT2D eigenvalue weighted by atomic mass is 19.4. The Labute approximate surface area is 216 Å². The van der Waals surface area contributed by atoms with Crippen LogP contribution < -0.4 is 4.74 Å². The molecule has 0 unspecified atom stereocenters. The summed E-state index contributed by atoms with van der Waals surface area (Å²) in [6, 6.07) is 17.5. The van der Waals surface area contributed by atoms with Crippen LogP contribution in [0, 0.1) is 6.92 Å². The number of benzene rings is 2. The smallest absolute Gasteiger partial charge is 0.456 e. The Balaban J connectivity index is 1.40. The molecule has 2 aromatic heterocycles. The zero-order valence-electron chi connectivity index (χ0n) is 20.7. The highest BCUT2D eigenvalue weighted by Crippen LogP contribution is 2.27. The Bertz CT molecular complexity index is 1390. The zero-order valence-corrected chi connectivity index (χ0v) is 20.7. The minimum atomic E-state index is -5.07. The number of esters is 1. The first kappa shape index (κ1) is 26.7. The molecule has 0 radical (unpaired) electrons. The molecule has 0 saturated heterocycles. The van der Waals surface area contributed by atoms with Gasteiger partial charge in [-0.3, -0.25) is 4.79 Å². The summed E-state index contributed by atoms with van der Waals surface area (Å²) in [7, 11) is 1.14. The Morgan fingerprint density at radius 1 is 1.03 bits per heavy atom. The van der Waals surface area contributed by atoms with Gasteiger partial charge in [-0.2, -0.15) is 13.2 Å². The van der Waals surface area contributed by atoms with E-state index in [9.17, 15) is 22.8 Å². The number of oxazole rings is 1. The van der Waals surface area contributed by atoms with Crippen molar-refractivity contribution in [3.63, 3.8) is 0 Å². The second kappa shape index (κ2) is 11.4. The van der Waals surface area contributed by atoms with E-state index in [0.717, 1.165) is 29.0 Å². The predicted octanol–water partition coefficient (Wildman–Crippen LogP) is 5.77. The number of Topliss-reactive ketones (excluding diaryl/α,β-unsaturated/α-hetero) is 1. The molecule has 0 spiro atoms. The summed E-state index contributed by atoms with van der Waals surface area (Å²) in [5.74, 6) is -0.967. The summed E-state index contributed by atoms with van der Waals surface area (Å²) in [6.45, 7) is 2.19. The lowest BCUT2D eigenvalue weighted by Gasteiger charge is -2.20. The number of aromatic nitrogens is 2. The SMILES string of the molecule is COC(=O)[C@H](Cc1ccc(OCCc2nc(-c3ccccc3)oc2C)cc1)n1cccc1C(=O)C(F)(F)F. The molecule has 4 rings (SSSR count). The lowest BCUT2D eigenvalue weighted by molar-refractivity contribution is -0.144. The van der Waals surface area contributed by atoms with E-state index in [1.54, 1.807) is 24.3 Å². The average Bonchev–Trinajstić information content (AvgIpc) is 3.54. The number of aryl methyl sites for hydroxylation is 1. The van der Waals surface area contributed by atoms with Crippen molar-refractivity contribution in [2.75, 3.05) is 13.7 Å². The first-order valence-electron chi connectivity index (χ1n) is 11.8. The Kier molecular flexibility index (Phi) is 7.99. The van der Waals surface area contributed by atoms with E-state index in [1.165, 1.54) is 12.3 Å². The van der Waals surface area contributed by atoms with Crippen LogP contribution in [0.1, 0.15) is 33.5 Å². The van der Waals surface area contributed by atoms with Crippen LogP contribution in [-0.2, 0) is 22.4 Å². The van der Waals surface area contributed by atoms with Crippen LogP contribution in [-0.4, -0.2) is 41.2 Å². The number of hydrogen-bond acceptors (Lipinski definition) is 6. The van der Waals surface area contributed by atoms with Crippen molar-refractivity contribution in [3.8, 4) is 17.2 Å². The van der Waals surface area contributed by atoms with Gasteiger partial charge in [-0.05, 0) is 48.9 Å². The average molecular weight is 527 g/mol. The van der Waals surface area contributed by atoms with Gasteiger partial charge in [0, 0.05) is 24.6 Å². The van der Waals surface area contributed by atoms with Gasteiger partial charge < -0.3 is 18.5 Å². The fourth-order valence-electron chi connectivity index (χ4n) is 4.01. The molecule has 0 aliphatic rings. The quantitative estimate of drug-likeness (QED) is 0.193. The molecule has 0 N–H and O–H groups in total. The lowest BCUT2D eigenvalue weighted by atomic mass is 10.0. The number of rotatable bonds is 10. The van der Waals surface area contributed by atoms with Gasteiger partial charge in [0.05, 0.1) is 25.1 Å². The predicted molar refractivity (Wildman–Crippen MR) is 132 cm³/mol. The topological polar surface area (TPSA) is 83.6 Å². The molecule has 0 saturated carbocycles. The van der Waals surface area contributed by atoms with Gasteiger partial charge in [0.2, 0.25) is 5.89 Å². The number of ketones is 1. The molecule has 4 aromatic rings. The molecule has 198 valence electrons. The number of hydrogen-bond donors (Lipinski definition) is 0. The van der Waals surface area contributed by atoms with E-state index in [0.29, 0.717) is 36.0 Å². The van der Waals surface area contributed by atoms with Gasteiger partial charge >= 0.3 is 12.1 Å². The molecule has 1 atom stereocenters. The molecule has 7 nitrogen and oxygen atoms in total. The van der Waals surface area contributed by atoms with E-state index >= 15 is 0 Å². The maximum Gasteiger partial charge on any atom is 0.456 e. The first-order chi connectivity index (χ1) is 18.2. The van der Waals surface area contributed by atoms with Gasteiger partial charge in [-0.15, -0.1) is 0 Å². The number of ether oxygens (including phenoxy) is 2. The minimum Gasteiger partial charge on any atom is -0.493 e. The molecule has 0 aliphatic carbocycles. The van der Waals surface area contributed by atoms with E-state index in [1.807, 2.05) is 37.3 Å². The van der Waals surface area contributed by atoms with Crippen molar-refractivity contribution in [2.24, 2.45) is 0 Å². The largest absolute Gasteiger partial charge is 0.493 e. The van der Waals surface area contributed by atoms with Crippen molar-refractivity contribution in [1.29, 1.82) is 0 Å². The number of alkyl halides is 3. The van der Waals surface area contributed by atoms with Crippen molar-refractivity contribution in [3.05, 3.63) is 95.6 Å². The molecule has 0 bridgehead atoms. The van der Waals surface area contributed by atoms with Crippen molar-refractivity contribution in [1.82, 2.24) is 9.55 Å². The van der Waals surface area contributed by atoms with Crippen LogP contribution >= 0.6 is 0 Å². The first-order valence-corrected chi connectivity index (χ1v) is 11.8. The van der Waals surface area contributed by atoms with Gasteiger partial charge in [-0.1, -0.05) is 30.3 Å². The third kappa shape index (κ3) is 6.13. The molecule has 0 fully saturated rings. The lowest BCUT2D eigenvalue weighted by Crippen LogP contribution is -2.30. The van der Waals surface area contributed by atoms with Crippen LogP contribution in [0.3, 0.4) is 0 Å². The van der Waals surface area contributed by atoms with Crippen LogP contribution in [0.4, 0.5) is 13.2 Å². The third-order valence-electron chi connectivity index (χ3n) is 5.95. The van der Waals surface area contributed by atoms with Gasteiger partial charge in [-0.25, -0.2) is 9.78 Å². The summed E-state index contributed by atoms with van der Waals surface area (Å²) >= 11 is 0. The number of nitrogens with zero attached hydrogens (tertiary/aromatic N) is 2. The van der Waals surface area contributed by atoms with Crippen LogP contribution in [0.15, 0.2) is 77.3 Å². The molecule has 0 amide bonds. The summed E-state index contributed by atoms with van der Waals surface area (Å²) in [4.78, 5) is 28.8. The van der Waals surface area contributed by atoms with E-state index < -0.39 is 29.7 Å². The second-order valence-electron chi connectivity index (χ2n) is 8.50. The maximum absolute atomic E-state index is 13.0. The monoisotopic (exact) mass is 526 g/mol. The van der Waals surface area contributed by atoms with Gasteiger partial charge in [0.1, 0.15) is 17.6 Å². The molecule has 10 heteroatoms. The van der Waals surface area contributed by atoms with Crippen molar-refractivity contribution in [2.45, 2.75) is 32.0 Å². The molecular weight excluding hydrogens is 501 g/mol. The highest BCUT2D eigenvalue weighted by Gasteiger charge is 2.42. The standard InChI is InChI=1S/C28H25F3N2O5/c1-18-22(32-26(38-18)20-7-4-3-5-8-20)14-16-37-21-12-10-19(11-13-21)17-24(27(35)36-2)33-15-6-9-23(33)25(34)28(29,30)31/h3-13,15,24H,14,16-17H2,1-2H3/t24-/m0/s1. The van der Waals surface area contributed by atoms with Gasteiger partial charge in [0.25, 0.3) is 5.78 Å². The number of methoxy groups -OCH3 is 1. The Morgan fingerprint density at radius 2 is 1.74 bits per heavy atom. The highest BCUT2D eigenvalue weighted by molar-refractivity contribution is 5.99. The number of halogens is 3. The fourth-order valence-corrected chi connectivity index (χ4v) is 4.01. The van der Waals surface area contributed by atoms with E-state index in [-0.39, 0.29) is 6.42 Å². The third-order valence-corrected chi connectivity index (χ3v) is 5.95. The Morgan fingerprint density at radius 3 is 2.39 bits per heavy atom. The van der Waals surface area contributed by atoms with E-state index in [2.05, 4.69) is 4.98 Å². The number of carbonyl (C=O) groups is 2. The maximum atomic E-state index is 13.0. The second-order valence-corrected chi connectivity index (χ2v) is 8.50. The number of carbonyl (C=O) groups excluding carboxylic acids is 2. The zero-order chi connectivity index (χ0) is 27.3. The molecule has 2 heterocycles. The summed E-state index contributed by atoms with van der Waals surface area (Å²) in [5, 5.41) is 0. The van der Waals surface area contributed by atoms with Gasteiger partial charge in [0.15, 0.2) is 0 Å². The summed E-state index contributed by atoms with van der Waals surface area (Å²) in [5.41, 5.74) is 1.69. The van der Waals surface area contributed by atoms with E-state index in [4.69, 9.17) is 13.9 Å². The fraction of sp³-hybridized carbons (Fsp3) is 0.250. The molecule has 38 heavy (non-hydrogen) atoms. The molecule has 2 aromatic carbocycles. The Hall–Kier alpha value is -4.34. The normalized spacial score (nSPS) is 12.2. The van der Waals surface area contributed by atoms with Crippen LogP contribution in [0.5, 0.6) is 5.75 Å². The minimum absolute atomic E-state index is 0.0141. The van der Waals surface area contributed by atoms with Crippen molar-refractivity contribution >= 4 is 11.8 Å². The van der Waals surface area contributed by atoms with Crippen molar-refractivity contribution < 1.29 is 36.7 Å². The van der Waals surface area contributed by atoms with Crippen LogP contribution in [0.25, 0.3) is 11.5 Å². The molecular formula is C28H25F3N2O5. The molecule has 0 aliphatic heterocycles. The summed E-state index contributed by atoms with van der Waals surface area (Å²) < 4.78 is 56.4. The summed E-state index contributed by atoms with van der Waals surface area (Å²) in [6.07, 6.45) is -3.27.